The molecule has 0 fully saturated rings. The van der Waals surface area contributed by atoms with Gasteiger partial charge in [-0.05, 0) is 29.3 Å². The van der Waals surface area contributed by atoms with Gasteiger partial charge in [0.1, 0.15) is 5.75 Å². The molecular formula is C26H24N2O5S. The highest BCUT2D eigenvalue weighted by Crippen LogP contribution is 2.34. The van der Waals surface area contributed by atoms with E-state index in [9.17, 15) is 18.0 Å². The van der Waals surface area contributed by atoms with Gasteiger partial charge >= 0.3 is 0 Å². The molecule has 4 rings (SSSR count). The summed E-state index contributed by atoms with van der Waals surface area (Å²) < 4.78 is 33.4. The molecule has 1 aliphatic rings. The van der Waals surface area contributed by atoms with Crippen molar-refractivity contribution in [3.63, 3.8) is 0 Å². The monoisotopic (exact) mass is 476 g/mol. The molecule has 0 bridgehead atoms. The fraction of sp³-hybridized carbons (Fsp3) is 0.154. The number of rotatable bonds is 6. The smallest absolute Gasteiger partial charge is 0.279 e. The highest BCUT2D eigenvalue weighted by atomic mass is 32.2. The summed E-state index contributed by atoms with van der Waals surface area (Å²) in [5.74, 6) is -0.670. The Labute approximate surface area is 198 Å². The van der Waals surface area contributed by atoms with E-state index in [1.54, 1.807) is 72.8 Å². The van der Waals surface area contributed by atoms with Gasteiger partial charge in [-0.15, -0.1) is 0 Å². The molecular weight excluding hydrogens is 452 g/mol. The van der Waals surface area contributed by atoms with Crippen LogP contribution in [0.4, 0.5) is 5.69 Å². The number of carbonyl (C=O) groups excluding carboxylic acids is 2. The third kappa shape index (κ3) is 5.18. The molecule has 0 spiro atoms. The molecule has 7 nitrogen and oxygen atoms in total. The van der Waals surface area contributed by atoms with Crippen LogP contribution >= 0.6 is 0 Å². The van der Waals surface area contributed by atoms with Gasteiger partial charge in [0.2, 0.25) is 5.91 Å². The van der Waals surface area contributed by atoms with Crippen LogP contribution in [0.3, 0.4) is 0 Å². The van der Waals surface area contributed by atoms with Crippen LogP contribution in [0.1, 0.15) is 18.1 Å². The summed E-state index contributed by atoms with van der Waals surface area (Å²) in [5, 5.41) is 1.02. The maximum Gasteiger partial charge on any atom is 0.279 e. The van der Waals surface area contributed by atoms with Crippen LogP contribution in [-0.4, -0.2) is 37.2 Å². The zero-order chi connectivity index (χ0) is 24.1. The molecule has 174 valence electrons. The van der Waals surface area contributed by atoms with Crippen molar-refractivity contribution in [2.75, 3.05) is 11.4 Å². The SMILES string of the molecule is CC(=O)N1CC(C(=O)N(Cc2ccccc2)S(=O)(=O)C=Cc2ccccc2)Oc2ccccc21. The van der Waals surface area contributed by atoms with Gasteiger partial charge in [0.25, 0.3) is 15.9 Å². The van der Waals surface area contributed by atoms with Crippen molar-refractivity contribution in [2.45, 2.75) is 19.6 Å². The topological polar surface area (TPSA) is 84.0 Å². The van der Waals surface area contributed by atoms with E-state index >= 15 is 0 Å². The van der Waals surface area contributed by atoms with Crippen LogP contribution in [0.25, 0.3) is 6.08 Å². The number of nitrogens with zero attached hydrogens (tertiary/aromatic N) is 2. The first-order valence-electron chi connectivity index (χ1n) is 10.7. The molecule has 3 aromatic carbocycles. The lowest BCUT2D eigenvalue weighted by Crippen LogP contribution is -2.52. The summed E-state index contributed by atoms with van der Waals surface area (Å²) in [5.41, 5.74) is 1.87. The van der Waals surface area contributed by atoms with E-state index in [0.717, 1.165) is 9.71 Å². The number of sulfonamides is 1. The molecule has 1 atom stereocenters. The maximum atomic E-state index is 13.6. The third-order valence-corrected chi connectivity index (χ3v) is 6.79. The summed E-state index contributed by atoms with van der Waals surface area (Å²) in [4.78, 5) is 27.3. The highest BCUT2D eigenvalue weighted by Gasteiger charge is 2.38. The molecule has 1 heterocycles. The lowest BCUT2D eigenvalue weighted by atomic mass is 10.1. The largest absolute Gasteiger partial charge is 0.476 e. The van der Waals surface area contributed by atoms with E-state index in [-0.39, 0.29) is 19.0 Å². The number of carbonyl (C=O) groups is 2. The van der Waals surface area contributed by atoms with Crippen molar-refractivity contribution in [2.24, 2.45) is 0 Å². The first-order valence-corrected chi connectivity index (χ1v) is 12.2. The fourth-order valence-corrected chi connectivity index (χ4v) is 4.84. The van der Waals surface area contributed by atoms with Gasteiger partial charge in [0.15, 0.2) is 6.10 Å². The Morgan fingerprint density at radius 2 is 1.59 bits per heavy atom. The number of para-hydroxylation sites is 2. The number of amides is 2. The molecule has 1 unspecified atom stereocenters. The van der Waals surface area contributed by atoms with Gasteiger partial charge in [-0.3, -0.25) is 9.59 Å². The summed E-state index contributed by atoms with van der Waals surface area (Å²) in [6.45, 7) is 1.14. The zero-order valence-corrected chi connectivity index (χ0v) is 19.4. The Bertz CT molecular complexity index is 1310. The quantitative estimate of drug-likeness (QED) is 0.540. The molecule has 0 saturated carbocycles. The van der Waals surface area contributed by atoms with Crippen LogP contribution in [0.15, 0.2) is 90.3 Å². The van der Waals surface area contributed by atoms with E-state index in [0.29, 0.717) is 22.6 Å². The predicted molar refractivity (Wildman–Crippen MR) is 130 cm³/mol. The molecule has 8 heteroatoms. The summed E-state index contributed by atoms with van der Waals surface area (Å²) >= 11 is 0. The van der Waals surface area contributed by atoms with Gasteiger partial charge in [-0.25, -0.2) is 12.7 Å². The lowest BCUT2D eigenvalue weighted by Gasteiger charge is -2.35. The second kappa shape index (κ2) is 9.93. The average Bonchev–Trinajstić information content (AvgIpc) is 2.86. The van der Waals surface area contributed by atoms with Gasteiger partial charge in [0, 0.05) is 6.92 Å². The Hall–Kier alpha value is -3.91. The van der Waals surface area contributed by atoms with Crippen molar-refractivity contribution in [1.82, 2.24) is 4.31 Å². The Balaban J connectivity index is 1.68. The van der Waals surface area contributed by atoms with Crippen molar-refractivity contribution in [3.05, 3.63) is 101 Å². The fourth-order valence-electron chi connectivity index (χ4n) is 3.67. The number of anilines is 1. The number of benzene rings is 3. The Morgan fingerprint density at radius 3 is 2.26 bits per heavy atom. The second-order valence-electron chi connectivity index (χ2n) is 7.79. The third-order valence-electron chi connectivity index (χ3n) is 5.38. The van der Waals surface area contributed by atoms with Crippen molar-refractivity contribution in [1.29, 1.82) is 0 Å². The number of ether oxygens (including phenoxy) is 1. The van der Waals surface area contributed by atoms with E-state index in [1.807, 2.05) is 12.1 Å². The van der Waals surface area contributed by atoms with E-state index < -0.39 is 22.0 Å². The van der Waals surface area contributed by atoms with Crippen molar-refractivity contribution < 1.29 is 22.7 Å². The molecule has 0 aliphatic carbocycles. The maximum absolute atomic E-state index is 13.6. The first-order chi connectivity index (χ1) is 16.3. The van der Waals surface area contributed by atoms with Crippen LogP contribution in [0, 0.1) is 0 Å². The van der Waals surface area contributed by atoms with Crippen molar-refractivity contribution >= 4 is 33.6 Å². The molecule has 2 amide bonds. The number of fused-ring (bicyclic) bond motifs is 1. The molecule has 1 aliphatic heterocycles. The minimum absolute atomic E-state index is 0.0889. The zero-order valence-electron chi connectivity index (χ0n) is 18.6. The van der Waals surface area contributed by atoms with E-state index in [2.05, 4.69) is 0 Å². The predicted octanol–water partition coefficient (Wildman–Crippen LogP) is 3.83. The second-order valence-corrected chi connectivity index (χ2v) is 9.54. The molecule has 0 aromatic heterocycles. The summed E-state index contributed by atoms with van der Waals surface area (Å²) in [7, 11) is -4.16. The minimum Gasteiger partial charge on any atom is -0.476 e. The van der Waals surface area contributed by atoms with Gasteiger partial charge in [-0.2, -0.15) is 0 Å². The van der Waals surface area contributed by atoms with E-state index in [1.165, 1.54) is 17.9 Å². The van der Waals surface area contributed by atoms with E-state index in [4.69, 9.17) is 4.74 Å². The van der Waals surface area contributed by atoms with Gasteiger partial charge in [0.05, 0.1) is 24.2 Å². The lowest BCUT2D eigenvalue weighted by molar-refractivity contribution is -0.134. The van der Waals surface area contributed by atoms with Crippen LogP contribution in [0.2, 0.25) is 0 Å². The van der Waals surface area contributed by atoms with Crippen LogP contribution < -0.4 is 9.64 Å². The average molecular weight is 477 g/mol. The summed E-state index contributed by atoms with van der Waals surface area (Å²) in [6, 6.07) is 24.7. The number of hydrogen-bond acceptors (Lipinski definition) is 5. The molecule has 0 N–H and O–H groups in total. The van der Waals surface area contributed by atoms with Crippen LogP contribution in [0.5, 0.6) is 5.75 Å². The Kier molecular flexibility index (Phi) is 6.79. The first kappa shape index (κ1) is 23.3. The van der Waals surface area contributed by atoms with Gasteiger partial charge < -0.3 is 9.64 Å². The minimum atomic E-state index is -4.16. The molecule has 0 radical (unpaired) electrons. The molecule has 3 aromatic rings. The van der Waals surface area contributed by atoms with Crippen molar-refractivity contribution in [3.8, 4) is 5.75 Å². The summed E-state index contributed by atoms with van der Waals surface area (Å²) in [6.07, 6.45) is 0.266. The highest BCUT2D eigenvalue weighted by molar-refractivity contribution is 7.92. The van der Waals surface area contributed by atoms with Gasteiger partial charge in [-0.1, -0.05) is 72.8 Å². The number of hydrogen-bond donors (Lipinski definition) is 0. The van der Waals surface area contributed by atoms with Crippen LogP contribution in [-0.2, 0) is 26.2 Å². The Morgan fingerprint density at radius 1 is 0.971 bits per heavy atom. The normalized spacial score (nSPS) is 15.4. The molecule has 34 heavy (non-hydrogen) atoms. The standard InChI is InChI=1S/C26H24N2O5S/c1-20(29)27-19-25(33-24-15-9-8-14-23(24)27)26(30)28(18-22-12-6-3-7-13-22)34(31,32)17-16-21-10-4-2-5-11-21/h2-17,25H,18-19H2,1H3. The molecule has 0 saturated heterocycles.